The van der Waals surface area contributed by atoms with E-state index in [2.05, 4.69) is 10.1 Å². The van der Waals surface area contributed by atoms with Crippen molar-refractivity contribution in [3.8, 4) is 0 Å². The first-order valence-corrected chi connectivity index (χ1v) is 8.15. The van der Waals surface area contributed by atoms with E-state index >= 15 is 0 Å². The summed E-state index contributed by atoms with van der Waals surface area (Å²) in [6.45, 7) is 1.29. The fourth-order valence-electron chi connectivity index (χ4n) is 3.06. The lowest BCUT2D eigenvalue weighted by Crippen LogP contribution is -2.38. The summed E-state index contributed by atoms with van der Waals surface area (Å²) in [4.78, 5) is 23.0. The molecule has 5 nitrogen and oxygen atoms in total. The number of methoxy groups -OCH3 is 1. The van der Waals surface area contributed by atoms with Crippen LogP contribution in [0, 0.1) is 5.41 Å². The SMILES string of the molecule is COC(=O)CCCCCNC(=O)CC1(CN)CCCCC1. The molecular formula is C16H30N2O3. The van der Waals surface area contributed by atoms with Crippen LogP contribution in [-0.4, -0.2) is 32.1 Å². The summed E-state index contributed by atoms with van der Waals surface area (Å²) >= 11 is 0. The Labute approximate surface area is 128 Å². The zero-order chi connectivity index (χ0) is 15.6. The van der Waals surface area contributed by atoms with Gasteiger partial charge in [-0.2, -0.15) is 0 Å². The Morgan fingerprint density at radius 2 is 1.86 bits per heavy atom. The molecule has 0 aromatic heterocycles. The molecule has 1 fully saturated rings. The second-order valence-electron chi connectivity index (χ2n) is 6.18. The van der Waals surface area contributed by atoms with Crippen LogP contribution in [0.4, 0.5) is 0 Å². The third-order valence-electron chi connectivity index (χ3n) is 4.49. The van der Waals surface area contributed by atoms with Crippen LogP contribution < -0.4 is 11.1 Å². The van der Waals surface area contributed by atoms with Gasteiger partial charge >= 0.3 is 5.97 Å². The number of amides is 1. The number of carbonyl (C=O) groups is 2. The second kappa shape index (κ2) is 9.77. The molecule has 122 valence electrons. The predicted octanol–water partition coefficient (Wildman–Crippen LogP) is 2.14. The van der Waals surface area contributed by atoms with E-state index in [9.17, 15) is 9.59 Å². The van der Waals surface area contributed by atoms with Crippen molar-refractivity contribution < 1.29 is 14.3 Å². The van der Waals surface area contributed by atoms with Crippen molar-refractivity contribution in [1.29, 1.82) is 0 Å². The maximum atomic E-state index is 12.0. The van der Waals surface area contributed by atoms with Gasteiger partial charge in [0, 0.05) is 19.4 Å². The fourth-order valence-corrected chi connectivity index (χ4v) is 3.06. The molecule has 1 amide bonds. The zero-order valence-corrected chi connectivity index (χ0v) is 13.3. The first kappa shape index (κ1) is 18.0. The molecule has 0 aromatic carbocycles. The van der Waals surface area contributed by atoms with Crippen molar-refractivity contribution in [3.63, 3.8) is 0 Å². The molecule has 3 N–H and O–H groups in total. The van der Waals surface area contributed by atoms with Gasteiger partial charge in [0.25, 0.3) is 0 Å². The standard InChI is InChI=1S/C16H30N2O3/c1-21-15(20)8-4-2-7-11-18-14(19)12-16(13-17)9-5-3-6-10-16/h2-13,17H2,1H3,(H,18,19). The minimum atomic E-state index is -0.166. The summed E-state index contributed by atoms with van der Waals surface area (Å²) in [5, 5.41) is 2.98. The molecule has 1 saturated carbocycles. The molecule has 21 heavy (non-hydrogen) atoms. The number of unbranched alkanes of at least 4 members (excludes halogenated alkanes) is 2. The van der Waals surface area contributed by atoms with Crippen LogP contribution in [-0.2, 0) is 14.3 Å². The molecule has 0 radical (unpaired) electrons. The van der Waals surface area contributed by atoms with Crippen LogP contribution in [0.25, 0.3) is 0 Å². The van der Waals surface area contributed by atoms with Crippen molar-refractivity contribution in [3.05, 3.63) is 0 Å². The molecule has 0 saturated heterocycles. The minimum absolute atomic E-state index is 0.0349. The molecule has 1 rings (SSSR count). The number of hydrogen-bond acceptors (Lipinski definition) is 4. The van der Waals surface area contributed by atoms with E-state index < -0.39 is 0 Å². The largest absolute Gasteiger partial charge is 0.469 e. The molecule has 5 heteroatoms. The van der Waals surface area contributed by atoms with Gasteiger partial charge in [-0.1, -0.05) is 25.7 Å². The number of nitrogens with one attached hydrogen (secondary N) is 1. The number of esters is 1. The van der Waals surface area contributed by atoms with Crippen molar-refractivity contribution in [2.75, 3.05) is 20.2 Å². The van der Waals surface area contributed by atoms with Gasteiger partial charge in [0.05, 0.1) is 7.11 Å². The topological polar surface area (TPSA) is 81.4 Å². The van der Waals surface area contributed by atoms with E-state index in [-0.39, 0.29) is 17.3 Å². The summed E-state index contributed by atoms with van der Waals surface area (Å²) < 4.78 is 4.58. The van der Waals surface area contributed by atoms with Crippen molar-refractivity contribution in [1.82, 2.24) is 5.32 Å². The summed E-state index contributed by atoms with van der Waals surface area (Å²) in [6, 6.07) is 0. The lowest BCUT2D eigenvalue weighted by Gasteiger charge is -2.35. The quantitative estimate of drug-likeness (QED) is 0.505. The normalized spacial score (nSPS) is 17.2. The van der Waals surface area contributed by atoms with Crippen molar-refractivity contribution in [2.24, 2.45) is 11.1 Å². The monoisotopic (exact) mass is 298 g/mol. The molecule has 1 aliphatic carbocycles. The van der Waals surface area contributed by atoms with Gasteiger partial charge in [0.15, 0.2) is 0 Å². The van der Waals surface area contributed by atoms with Gasteiger partial charge < -0.3 is 15.8 Å². The first-order chi connectivity index (χ1) is 10.1. The van der Waals surface area contributed by atoms with Crippen LogP contribution in [0.3, 0.4) is 0 Å². The van der Waals surface area contributed by atoms with Gasteiger partial charge in [-0.25, -0.2) is 0 Å². The van der Waals surface area contributed by atoms with E-state index in [1.54, 1.807) is 0 Å². The average Bonchev–Trinajstić information content (AvgIpc) is 2.51. The van der Waals surface area contributed by atoms with Crippen LogP contribution in [0.5, 0.6) is 0 Å². The predicted molar refractivity (Wildman–Crippen MR) is 82.7 cm³/mol. The lowest BCUT2D eigenvalue weighted by atomic mass is 9.71. The highest BCUT2D eigenvalue weighted by molar-refractivity contribution is 5.76. The molecule has 0 unspecified atom stereocenters. The maximum Gasteiger partial charge on any atom is 0.305 e. The fraction of sp³-hybridized carbons (Fsp3) is 0.875. The molecule has 1 aliphatic rings. The van der Waals surface area contributed by atoms with Crippen LogP contribution in [0.15, 0.2) is 0 Å². The third kappa shape index (κ3) is 6.93. The Morgan fingerprint density at radius 3 is 2.48 bits per heavy atom. The van der Waals surface area contributed by atoms with Crippen LogP contribution in [0.1, 0.15) is 64.2 Å². The Hall–Kier alpha value is -1.10. The van der Waals surface area contributed by atoms with Gasteiger partial charge in [-0.05, 0) is 37.6 Å². The van der Waals surface area contributed by atoms with Crippen LogP contribution in [0.2, 0.25) is 0 Å². The summed E-state index contributed by atoms with van der Waals surface area (Å²) in [7, 11) is 1.40. The van der Waals surface area contributed by atoms with E-state index in [1.165, 1.54) is 26.4 Å². The Balaban J connectivity index is 2.11. The van der Waals surface area contributed by atoms with Gasteiger partial charge in [0.1, 0.15) is 0 Å². The Bertz CT molecular complexity index is 325. The highest BCUT2D eigenvalue weighted by atomic mass is 16.5. The first-order valence-electron chi connectivity index (χ1n) is 8.15. The molecule has 0 bridgehead atoms. The summed E-state index contributed by atoms with van der Waals surface area (Å²) in [5.74, 6) is -0.0449. The van der Waals surface area contributed by atoms with E-state index in [0.29, 0.717) is 25.9 Å². The molecule has 0 heterocycles. The van der Waals surface area contributed by atoms with Crippen LogP contribution >= 0.6 is 0 Å². The smallest absolute Gasteiger partial charge is 0.305 e. The number of hydrogen-bond donors (Lipinski definition) is 2. The summed E-state index contributed by atoms with van der Waals surface area (Å²) in [5.41, 5.74) is 5.93. The number of nitrogens with two attached hydrogens (primary N) is 1. The maximum absolute atomic E-state index is 12.0. The average molecular weight is 298 g/mol. The Morgan fingerprint density at radius 1 is 1.14 bits per heavy atom. The van der Waals surface area contributed by atoms with E-state index in [4.69, 9.17) is 5.73 Å². The minimum Gasteiger partial charge on any atom is -0.469 e. The molecule has 0 aliphatic heterocycles. The molecular weight excluding hydrogens is 268 g/mol. The van der Waals surface area contributed by atoms with Gasteiger partial charge in [-0.3, -0.25) is 9.59 Å². The molecule has 0 aromatic rings. The molecule has 0 atom stereocenters. The molecule has 0 spiro atoms. The van der Waals surface area contributed by atoms with Gasteiger partial charge in [0.2, 0.25) is 5.91 Å². The highest BCUT2D eigenvalue weighted by Crippen LogP contribution is 2.38. The van der Waals surface area contributed by atoms with E-state index in [1.807, 2.05) is 0 Å². The lowest BCUT2D eigenvalue weighted by molar-refractivity contribution is -0.140. The zero-order valence-electron chi connectivity index (χ0n) is 13.3. The third-order valence-corrected chi connectivity index (χ3v) is 4.49. The second-order valence-corrected chi connectivity index (χ2v) is 6.18. The summed E-state index contributed by atoms with van der Waals surface area (Å²) in [6.07, 6.45) is 9.48. The van der Waals surface area contributed by atoms with E-state index in [0.717, 1.165) is 32.1 Å². The number of carbonyl (C=O) groups excluding carboxylic acids is 2. The number of rotatable bonds is 9. The van der Waals surface area contributed by atoms with Crippen molar-refractivity contribution >= 4 is 11.9 Å². The Kier molecular flexibility index (Phi) is 8.35. The number of ether oxygens (including phenoxy) is 1. The van der Waals surface area contributed by atoms with Gasteiger partial charge in [-0.15, -0.1) is 0 Å². The van der Waals surface area contributed by atoms with Crippen molar-refractivity contribution in [2.45, 2.75) is 64.2 Å². The highest BCUT2D eigenvalue weighted by Gasteiger charge is 2.32.